The molecule has 0 saturated carbocycles. The molecule has 0 atom stereocenters. The Hall–Kier alpha value is -3.48. The Labute approximate surface area is 151 Å². The smallest absolute Gasteiger partial charge is 0.258 e. The molecule has 0 aliphatic carbocycles. The van der Waals surface area contributed by atoms with E-state index in [0.717, 1.165) is 11.3 Å². The Kier molecular flexibility index (Phi) is 5.72. The van der Waals surface area contributed by atoms with E-state index in [9.17, 15) is 4.79 Å². The third-order valence-electron chi connectivity index (χ3n) is 3.54. The summed E-state index contributed by atoms with van der Waals surface area (Å²) in [6, 6.07) is 11.0. The molecule has 2 aromatic heterocycles. The van der Waals surface area contributed by atoms with E-state index >= 15 is 0 Å². The molecule has 0 aliphatic rings. The number of carbonyl (C=O) groups excluding carboxylic acids is 1. The molecule has 0 unspecified atom stereocenters. The van der Waals surface area contributed by atoms with E-state index in [1.165, 1.54) is 12.4 Å². The van der Waals surface area contributed by atoms with E-state index in [-0.39, 0.29) is 5.91 Å². The predicted molar refractivity (Wildman–Crippen MR) is 99.2 cm³/mol. The normalized spacial score (nSPS) is 10.2. The third-order valence-corrected chi connectivity index (χ3v) is 3.54. The number of carbonyl (C=O) groups is 1. The SMILES string of the molecule is CCOc1ccc(NC(=O)c2cnc(NCc3ccncc3)nc2)cc1. The highest BCUT2D eigenvalue weighted by Gasteiger charge is 2.08. The van der Waals surface area contributed by atoms with Crippen LogP contribution in [0, 0.1) is 0 Å². The number of hydrogen-bond acceptors (Lipinski definition) is 6. The Morgan fingerprint density at radius 3 is 2.38 bits per heavy atom. The molecule has 26 heavy (non-hydrogen) atoms. The number of aromatic nitrogens is 3. The third kappa shape index (κ3) is 4.76. The lowest BCUT2D eigenvalue weighted by Gasteiger charge is -2.08. The fourth-order valence-electron chi connectivity index (χ4n) is 2.22. The molecule has 7 heteroatoms. The Bertz CT molecular complexity index is 836. The summed E-state index contributed by atoms with van der Waals surface area (Å²) in [5.41, 5.74) is 2.13. The van der Waals surface area contributed by atoms with E-state index in [1.807, 2.05) is 31.2 Å². The van der Waals surface area contributed by atoms with Crippen molar-refractivity contribution in [2.24, 2.45) is 0 Å². The minimum Gasteiger partial charge on any atom is -0.494 e. The second-order valence-electron chi connectivity index (χ2n) is 5.42. The van der Waals surface area contributed by atoms with Crippen LogP contribution in [-0.2, 0) is 6.54 Å². The van der Waals surface area contributed by atoms with Crippen LogP contribution in [-0.4, -0.2) is 27.5 Å². The number of hydrogen-bond donors (Lipinski definition) is 2. The van der Waals surface area contributed by atoms with Gasteiger partial charge in [0.1, 0.15) is 5.75 Å². The number of ether oxygens (including phenoxy) is 1. The van der Waals surface area contributed by atoms with Gasteiger partial charge in [0.05, 0.1) is 12.2 Å². The second kappa shape index (κ2) is 8.57. The molecule has 3 aromatic rings. The molecule has 0 saturated heterocycles. The summed E-state index contributed by atoms with van der Waals surface area (Å²) in [7, 11) is 0. The van der Waals surface area contributed by atoms with Crippen molar-refractivity contribution in [1.29, 1.82) is 0 Å². The zero-order chi connectivity index (χ0) is 18.2. The van der Waals surface area contributed by atoms with Gasteiger partial charge in [-0.25, -0.2) is 9.97 Å². The zero-order valence-corrected chi connectivity index (χ0v) is 14.3. The van der Waals surface area contributed by atoms with Crippen LogP contribution in [0.4, 0.5) is 11.6 Å². The first-order chi connectivity index (χ1) is 12.7. The lowest BCUT2D eigenvalue weighted by molar-refractivity contribution is 0.102. The molecule has 0 spiro atoms. The number of benzene rings is 1. The van der Waals surface area contributed by atoms with Crippen molar-refractivity contribution in [3.05, 3.63) is 72.3 Å². The van der Waals surface area contributed by atoms with Gasteiger partial charge in [0.25, 0.3) is 5.91 Å². The first-order valence-electron chi connectivity index (χ1n) is 8.23. The van der Waals surface area contributed by atoms with E-state index in [1.54, 1.807) is 24.5 Å². The van der Waals surface area contributed by atoms with Crippen LogP contribution >= 0.6 is 0 Å². The van der Waals surface area contributed by atoms with E-state index < -0.39 is 0 Å². The summed E-state index contributed by atoms with van der Waals surface area (Å²) in [5, 5.41) is 5.90. The van der Waals surface area contributed by atoms with Crippen molar-refractivity contribution in [1.82, 2.24) is 15.0 Å². The first kappa shape index (κ1) is 17.3. The number of nitrogens with zero attached hydrogens (tertiary/aromatic N) is 3. The number of amides is 1. The van der Waals surface area contributed by atoms with E-state index in [2.05, 4.69) is 25.6 Å². The first-order valence-corrected chi connectivity index (χ1v) is 8.23. The maximum Gasteiger partial charge on any atom is 0.258 e. The molecule has 2 N–H and O–H groups in total. The van der Waals surface area contributed by atoms with Gasteiger partial charge in [0.2, 0.25) is 5.95 Å². The van der Waals surface area contributed by atoms with Crippen molar-refractivity contribution >= 4 is 17.5 Å². The molecule has 0 fully saturated rings. The minimum atomic E-state index is -0.269. The molecule has 3 rings (SSSR count). The molecule has 0 aliphatic heterocycles. The van der Waals surface area contributed by atoms with Crippen LogP contribution < -0.4 is 15.4 Å². The van der Waals surface area contributed by atoms with Crippen molar-refractivity contribution in [3.8, 4) is 5.75 Å². The quantitative estimate of drug-likeness (QED) is 0.681. The Morgan fingerprint density at radius 2 is 1.73 bits per heavy atom. The van der Waals surface area contributed by atoms with Gasteiger partial charge in [-0.3, -0.25) is 9.78 Å². The summed E-state index contributed by atoms with van der Waals surface area (Å²) in [6.07, 6.45) is 6.44. The Morgan fingerprint density at radius 1 is 1.04 bits per heavy atom. The average molecular weight is 349 g/mol. The molecule has 2 heterocycles. The monoisotopic (exact) mass is 349 g/mol. The van der Waals surface area contributed by atoms with Crippen LogP contribution in [0.1, 0.15) is 22.8 Å². The largest absolute Gasteiger partial charge is 0.494 e. The minimum absolute atomic E-state index is 0.269. The van der Waals surface area contributed by atoms with Gasteiger partial charge in [-0.15, -0.1) is 0 Å². The van der Waals surface area contributed by atoms with Crippen LogP contribution in [0.3, 0.4) is 0 Å². The molecule has 7 nitrogen and oxygen atoms in total. The van der Waals surface area contributed by atoms with Crippen LogP contribution in [0.25, 0.3) is 0 Å². The van der Waals surface area contributed by atoms with Crippen molar-refractivity contribution in [2.75, 3.05) is 17.2 Å². The van der Waals surface area contributed by atoms with Gasteiger partial charge in [-0.2, -0.15) is 0 Å². The maximum atomic E-state index is 12.3. The standard InChI is InChI=1S/C19H19N5O2/c1-2-26-17-5-3-16(4-6-17)24-18(25)15-12-22-19(23-13-15)21-11-14-7-9-20-10-8-14/h3-10,12-13H,2,11H2,1H3,(H,24,25)(H,21,22,23). The van der Waals surface area contributed by atoms with Crippen molar-refractivity contribution in [3.63, 3.8) is 0 Å². The number of anilines is 2. The molecule has 0 bridgehead atoms. The summed E-state index contributed by atoms with van der Waals surface area (Å²) >= 11 is 0. The topological polar surface area (TPSA) is 89.0 Å². The molecule has 132 valence electrons. The van der Waals surface area contributed by atoms with E-state index in [4.69, 9.17) is 4.74 Å². The number of nitrogens with one attached hydrogen (secondary N) is 2. The summed E-state index contributed by atoms with van der Waals surface area (Å²) in [4.78, 5) is 24.6. The lowest BCUT2D eigenvalue weighted by Crippen LogP contribution is -2.13. The molecule has 0 radical (unpaired) electrons. The van der Waals surface area contributed by atoms with Gasteiger partial charge in [0.15, 0.2) is 0 Å². The van der Waals surface area contributed by atoms with Crippen LogP contribution in [0.15, 0.2) is 61.2 Å². The number of rotatable bonds is 7. The summed E-state index contributed by atoms with van der Waals surface area (Å²) in [5.74, 6) is 0.952. The van der Waals surface area contributed by atoms with Gasteiger partial charge >= 0.3 is 0 Å². The average Bonchev–Trinajstić information content (AvgIpc) is 2.69. The van der Waals surface area contributed by atoms with Crippen molar-refractivity contribution < 1.29 is 9.53 Å². The molecular weight excluding hydrogens is 330 g/mol. The number of pyridine rings is 1. The zero-order valence-electron chi connectivity index (χ0n) is 14.3. The van der Waals surface area contributed by atoms with Crippen LogP contribution in [0.5, 0.6) is 5.75 Å². The highest BCUT2D eigenvalue weighted by atomic mass is 16.5. The fourth-order valence-corrected chi connectivity index (χ4v) is 2.22. The molecular formula is C19H19N5O2. The van der Waals surface area contributed by atoms with Crippen LogP contribution in [0.2, 0.25) is 0 Å². The lowest BCUT2D eigenvalue weighted by atomic mass is 10.2. The molecule has 1 amide bonds. The second-order valence-corrected chi connectivity index (χ2v) is 5.42. The van der Waals surface area contributed by atoms with E-state index in [0.29, 0.717) is 30.4 Å². The predicted octanol–water partition coefficient (Wildman–Crippen LogP) is 3.13. The van der Waals surface area contributed by atoms with Gasteiger partial charge in [-0.05, 0) is 48.9 Å². The highest BCUT2D eigenvalue weighted by molar-refractivity contribution is 6.03. The van der Waals surface area contributed by atoms with Gasteiger partial charge < -0.3 is 15.4 Å². The Balaban J connectivity index is 1.56. The van der Waals surface area contributed by atoms with Gasteiger partial charge in [-0.1, -0.05) is 0 Å². The summed E-state index contributed by atoms with van der Waals surface area (Å²) in [6.45, 7) is 3.11. The highest BCUT2D eigenvalue weighted by Crippen LogP contribution is 2.16. The molecule has 1 aromatic carbocycles. The summed E-state index contributed by atoms with van der Waals surface area (Å²) < 4.78 is 5.38. The van der Waals surface area contributed by atoms with Gasteiger partial charge in [0, 0.05) is 37.0 Å². The maximum absolute atomic E-state index is 12.3. The fraction of sp³-hybridized carbons (Fsp3) is 0.158. The van der Waals surface area contributed by atoms with Crippen molar-refractivity contribution in [2.45, 2.75) is 13.5 Å².